The lowest BCUT2D eigenvalue weighted by atomic mass is 10.0. The van der Waals surface area contributed by atoms with Crippen molar-refractivity contribution in [1.82, 2.24) is 9.80 Å². The maximum absolute atomic E-state index is 12.9. The number of likely N-dealkylation sites (N-methyl/N-ethyl adjacent to an activating group) is 1. The number of benzene rings is 2. The quantitative estimate of drug-likeness (QED) is 0.610. The Labute approximate surface area is 194 Å². The van der Waals surface area contributed by atoms with Crippen LogP contribution in [0.5, 0.6) is 0 Å². The van der Waals surface area contributed by atoms with E-state index < -0.39 is 10.0 Å². The molecule has 168 valence electrons. The molecule has 0 aliphatic carbocycles. The summed E-state index contributed by atoms with van der Waals surface area (Å²) in [5.41, 5.74) is 2.31. The smallest absolute Gasteiger partial charge is 0.229 e. The fourth-order valence-corrected chi connectivity index (χ4v) is 4.70. The molecular weight excluding hydrogens is 457 g/mol. The number of sulfonamides is 1. The van der Waals surface area contributed by atoms with Crippen molar-refractivity contribution in [1.29, 1.82) is 0 Å². The largest absolute Gasteiger partial charge is 0.344 e. The third kappa shape index (κ3) is 6.84. The van der Waals surface area contributed by atoms with E-state index in [9.17, 15) is 13.2 Å². The van der Waals surface area contributed by atoms with Crippen molar-refractivity contribution >= 4 is 44.8 Å². The zero-order valence-electron chi connectivity index (χ0n) is 17.6. The highest BCUT2D eigenvalue weighted by Gasteiger charge is 2.26. The molecule has 3 rings (SSSR count). The van der Waals surface area contributed by atoms with E-state index in [0.717, 1.165) is 43.3 Å². The Hall–Kier alpha value is -1.80. The van der Waals surface area contributed by atoms with Gasteiger partial charge in [-0.25, -0.2) is 8.42 Å². The number of hydrogen-bond acceptors (Lipinski definition) is 4. The Morgan fingerprint density at radius 2 is 1.84 bits per heavy atom. The average Bonchev–Trinajstić information content (AvgIpc) is 3.22. The Morgan fingerprint density at radius 1 is 1.13 bits per heavy atom. The van der Waals surface area contributed by atoms with Crippen LogP contribution in [-0.2, 0) is 21.2 Å². The minimum atomic E-state index is -3.36. The number of amides is 1. The van der Waals surface area contributed by atoms with Gasteiger partial charge in [-0.1, -0.05) is 41.4 Å². The SMILES string of the molecule is CN(CC(c1cccc(NS(C)(=O)=O)c1)N1CCCC1)C(=O)Cc1ccc(Cl)c(Cl)c1. The van der Waals surface area contributed by atoms with Gasteiger partial charge < -0.3 is 4.90 Å². The van der Waals surface area contributed by atoms with Gasteiger partial charge in [0.05, 0.1) is 28.8 Å². The fourth-order valence-electron chi connectivity index (χ4n) is 3.83. The molecule has 0 saturated carbocycles. The molecule has 31 heavy (non-hydrogen) atoms. The van der Waals surface area contributed by atoms with Crippen molar-refractivity contribution in [2.75, 3.05) is 37.7 Å². The normalized spacial score (nSPS) is 15.6. The van der Waals surface area contributed by atoms with E-state index in [-0.39, 0.29) is 18.4 Å². The Morgan fingerprint density at radius 3 is 2.48 bits per heavy atom. The molecule has 9 heteroatoms. The maximum atomic E-state index is 12.9. The highest BCUT2D eigenvalue weighted by Crippen LogP contribution is 2.28. The monoisotopic (exact) mass is 483 g/mol. The molecule has 1 saturated heterocycles. The first kappa shape index (κ1) is 23.9. The van der Waals surface area contributed by atoms with Crippen LogP contribution in [0.2, 0.25) is 10.0 Å². The molecule has 1 aliphatic rings. The number of nitrogens with zero attached hydrogens (tertiary/aromatic N) is 2. The Balaban J connectivity index is 1.77. The minimum Gasteiger partial charge on any atom is -0.344 e. The van der Waals surface area contributed by atoms with Gasteiger partial charge in [0.15, 0.2) is 0 Å². The van der Waals surface area contributed by atoms with Crippen LogP contribution in [0.3, 0.4) is 0 Å². The molecule has 0 radical (unpaired) electrons. The summed E-state index contributed by atoms with van der Waals surface area (Å²) in [7, 11) is -1.57. The second-order valence-corrected chi connectivity index (χ2v) is 10.5. The number of hydrogen-bond donors (Lipinski definition) is 1. The first-order chi connectivity index (χ1) is 14.6. The molecule has 1 unspecified atom stereocenters. The highest BCUT2D eigenvalue weighted by atomic mass is 35.5. The zero-order valence-corrected chi connectivity index (χ0v) is 20.0. The second-order valence-electron chi connectivity index (χ2n) is 7.96. The van der Waals surface area contributed by atoms with E-state index in [1.807, 2.05) is 18.2 Å². The van der Waals surface area contributed by atoms with Crippen LogP contribution in [-0.4, -0.2) is 57.1 Å². The van der Waals surface area contributed by atoms with E-state index in [4.69, 9.17) is 23.2 Å². The summed E-state index contributed by atoms with van der Waals surface area (Å²) in [6, 6.07) is 12.6. The van der Waals surface area contributed by atoms with Crippen LogP contribution in [0.1, 0.15) is 30.0 Å². The summed E-state index contributed by atoms with van der Waals surface area (Å²) >= 11 is 12.0. The van der Waals surface area contributed by atoms with Crippen LogP contribution in [0.4, 0.5) is 5.69 Å². The lowest BCUT2D eigenvalue weighted by Crippen LogP contribution is -2.38. The van der Waals surface area contributed by atoms with E-state index in [2.05, 4.69) is 9.62 Å². The molecule has 1 N–H and O–H groups in total. The van der Waals surface area contributed by atoms with E-state index >= 15 is 0 Å². The molecule has 0 aromatic heterocycles. The third-order valence-corrected chi connectivity index (χ3v) is 6.71. The highest BCUT2D eigenvalue weighted by molar-refractivity contribution is 7.92. The van der Waals surface area contributed by atoms with Crippen LogP contribution < -0.4 is 4.72 Å². The summed E-state index contributed by atoms with van der Waals surface area (Å²) in [6.45, 7) is 2.40. The average molecular weight is 484 g/mol. The Kier molecular flexibility index (Phi) is 7.86. The van der Waals surface area contributed by atoms with Crippen LogP contribution in [0.25, 0.3) is 0 Å². The first-order valence-corrected chi connectivity index (χ1v) is 12.8. The topological polar surface area (TPSA) is 69.7 Å². The summed E-state index contributed by atoms with van der Waals surface area (Å²) in [4.78, 5) is 17.0. The standard InChI is InChI=1S/C22H27Cl2N3O3S/c1-26(22(28)13-16-8-9-19(23)20(24)12-16)15-21(27-10-3-4-11-27)17-6-5-7-18(14-17)25-31(2,29)30/h5-9,12,14,21,25H,3-4,10-11,13,15H2,1-2H3. The van der Waals surface area contributed by atoms with Crippen molar-refractivity contribution < 1.29 is 13.2 Å². The lowest BCUT2D eigenvalue weighted by Gasteiger charge is -2.32. The van der Waals surface area contributed by atoms with Gasteiger partial charge in [-0.2, -0.15) is 0 Å². The van der Waals surface area contributed by atoms with E-state index in [0.29, 0.717) is 22.3 Å². The van der Waals surface area contributed by atoms with E-state index in [1.54, 1.807) is 36.2 Å². The summed E-state index contributed by atoms with van der Waals surface area (Å²) in [6.07, 6.45) is 3.58. The Bertz CT molecular complexity index is 1040. The molecular formula is C22H27Cl2N3O3S. The molecule has 0 spiro atoms. The van der Waals surface area contributed by atoms with Gasteiger partial charge >= 0.3 is 0 Å². The molecule has 1 aliphatic heterocycles. The molecule has 1 atom stereocenters. The number of carbonyl (C=O) groups excluding carboxylic acids is 1. The van der Waals surface area contributed by atoms with Gasteiger partial charge in [-0.05, 0) is 61.3 Å². The molecule has 6 nitrogen and oxygen atoms in total. The van der Waals surface area contributed by atoms with Crippen LogP contribution >= 0.6 is 23.2 Å². The van der Waals surface area contributed by atoms with Crippen molar-refractivity contribution in [2.45, 2.75) is 25.3 Å². The summed E-state index contributed by atoms with van der Waals surface area (Å²) in [5, 5.41) is 0.891. The molecule has 1 amide bonds. The van der Waals surface area contributed by atoms with Gasteiger partial charge in [-0.15, -0.1) is 0 Å². The number of likely N-dealkylation sites (tertiary alicyclic amines) is 1. The lowest BCUT2D eigenvalue weighted by molar-refractivity contribution is -0.129. The van der Waals surface area contributed by atoms with Gasteiger partial charge in [0.2, 0.25) is 15.9 Å². The number of halogens is 2. The van der Waals surface area contributed by atoms with Crippen molar-refractivity contribution in [3.8, 4) is 0 Å². The predicted molar refractivity (Wildman–Crippen MR) is 126 cm³/mol. The van der Waals surface area contributed by atoms with Crippen molar-refractivity contribution in [2.24, 2.45) is 0 Å². The number of nitrogens with one attached hydrogen (secondary N) is 1. The maximum Gasteiger partial charge on any atom is 0.229 e. The predicted octanol–water partition coefficient (Wildman–Crippen LogP) is 4.20. The third-order valence-electron chi connectivity index (χ3n) is 5.37. The molecule has 1 heterocycles. The number of carbonyl (C=O) groups is 1. The zero-order chi connectivity index (χ0) is 22.6. The fraction of sp³-hybridized carbons (Fsp3) is 0.409. The molecule has 1 fully saturated rings. The second kappa shape index (κ2) is 10.2. The molecule has 2 aromatic rings. The van der Waals surface area contributed by atoms with Crippen LogP contribution in [0.15, 0.2) is 42.5 Å². The molecule has 2 aromatic carbocycles. The number of anilines is 1. The van der Waals surface area contributed by atoms with Crippen molar-refractivity contribution in [3.63, 3.8) is 0 Å². The summed E-state index contributed by atoms with van der Waals surface area (Å²) < 4.78 is 25.8. The van der Waals surface area contributed by atoms with Gasteiger partial charge in [0.1, 0.15) is 0 Å². The summed E-state index contributed by atoms with van der Waals surface area (Å²) in [5.74, 6) is -0.0204. The van der Waals surface area contributed by atoms with Gasteiger partial charge in [0, 0.05) is 19.3 Å². The van der Waals surface area contributed by atoms with Gasteiger partial charge in [-0.3, -0.25) is 14.4 Å². The number of rotatable bonds is 8. The van der Waals surface area contributed by atoms with Gasteiger partial charge in [0.25, 0.3) is 0 Å². The van der Waals surface area contributed by atoms with E-state index in [1.165, 1.54) is 0 Å². The minimum absolute atomic E-state index is 0.0204. The van der Waals surface area contributed by atoms with Crippen molar-refractivity contribution in [3.05, 3.63) is 63.6 Å². The first-order valence-electron chi connectivity index (χ1n) is 10.1. The molecule has 0 bridgehead atoms. The van der Waals surface area contributed by atoms with Crippen LogP contribution in [0, 0.1) is 0 Å².